The summed E-state index contributed by atoms with van der Waals surface area (Å²) in [6.45, 7) is 0. The number of cyclic esters (lactones) is 1. The Morgan fingerprint density at radius 2 is 1.67 bits per heavy atom. The quantitative estimate of drug-likeness (QED) is 0.627. The minimum atomic E-state index is -0.512. The molecule has 2 aromatic rings. The minimum Gasteiger partial charge on any atom is -0.497 e. The van der Waals surface area contributed by atoms with Crippen molar-refractivity contribution >= 4 is 29.5 Å². The number of ether oxygens (including phenoxy) is 3. The third-order valence-corrected chi connectivity index (χ3v) is 3.64. The second-order valence-electron chi connectivity index (χ2n) is 4.99. The lowest BCUT2D eigenvalue weighted by Crippen LogP contribution is -2.05. The first kappa shape index (κ1) is 16.1. The number of aliphatic imine (C=N–C) groups is 1. The smallest absolute Gasteiger partial charge is 0.363 e. The number of carbonyl (C=O) groups is 1. The molecule has 24 heavy (non-hydrogen) atoms. The molecular weight excluding hydrogens is 330 g/mol. The van der Waals surface area contributed by atoms with Crippen LogP contribution in [0, 0.1) is 0 Å². The van der Waals surface area contributed by atoms with Gasteiger partial charge in [-0.2, -0.15) is 0 Å². The molecule has 1 aliphatic rings. The molecule has 0 bridgehead atoms. The monoisotopic (exact) mass is 343 g/mol. The molecule has 0 aromatic heterocycles. The Morgan fingerprint density at radius 3 is 2.25 bits per heavy atom. The van der Waals surface area contributed by atoms with Crippen molar-refractivity contribution in [1.82, 2.24) is 0 Å². The second kappa shape index (κ2) is 6.76. The molecule has 0 saturated heterocycles. The van der Waals surface area contributed by atoms with Gasteiger partial charge in [0.25, 0.3) is 0 Å². The first-order chi connectivity index (χ1) is 11.6. The third-order valence-electron chi connectivity index (χ3n) is 3.39. The predicted octanol–water partition coefficient (Wildman–Crippen LogP) is 3.70. The number of methoxy groups -OCH3 is 2. The lowest BCUT2D eigenvalue weighted by molar-refractivity contribution is -0.129. The largest absolute Gasteiger partial charge is 0.497 e. The van der Waals surface area contributed by atoms with Crippen LogP contribution in [0.25, 0.3) is 6.08 Å². The van der Waals surface area contributed by atoms with Crippen LogP contribution in [0.3, 0.4) is 0 Å². The van der Waals surface area contributed by atoms with Crippen molar-refractivity contribution in [2.24, 2.45) is 4.99 Å². The number of hydrogen-bond donors (Lipinski definition) is 0. The van der Waals surface area contributed by atoms with E-state index < -0.39 is 5.97 Å². The highest BCUT2D eigenvalue weighted by molar-refractivity contribution is 6.30. The highest BCUT2D eigenvalue weighted by atomic mass is 35.5. The summed E-state index contributed by atoms with van der Waals surface area (Å²) in [7, 11) is 3.12. The van der Waals surface area contributed by atoms with Crippen LogP contribution < -0.4 is 9.47 Å². The molecule has 0 radical (unpaired) electrons. The van der Waals surface area contributed by atoms with Gasteiger partial charge >= 0.3 is 5.97 Å². The van der Waals surface area contributed by atoms with Gasteiger partial charge in [-0.3, -0.25) is 0 Å². The standard InChI is InChI=1S/C18H14ClNO4/c1-22-14-7-11(8-15(10-14)23-2)9-16-18(21)24-17(20-16)12-3-5-13(19)6-4-12/h3-10H,1-2H3. The van der Waals surface area contributed by atoms with Gasteiger partial charge in [-0.05, 0) is 48.0 Å². The first-order valence-electron chi connectivity index (χ1n) is 7.10. The number of hydrogen-bond acceptors (Lipinski definition) is 5. The minimum absolute atomic E-state index is 0.204. The van der Waals surface area contributed by atoms with Crippen molar-refractivity contribution in [1.29, 1.82) is 0 Å². The summed E-state index contributed by atoms with van der Waals surface area (Å²) in [5.41, 5.74) is 1.61. The lowest BCUT2D eigenvalue weighted by Gasteiger charge is -2.05. The summed E-state index contributed by atoms with van der Waals surface area (Å²) in [5, 5.41) is 0.600. The molecule has 122 valence electrons. The number of benzene rings is 2. The van der Waals surface area contributed by atoms with Crippen LogP contribution >= 0.6 is 11.6 Å². The molecule has 0 aliphatic carbocycles. The van der Waals surface area contributed by atoms with Crippen LogP contribution in [-0.2, 0) is 9.53 Å². The Kier molecular flexibility index (Phi) is 4.53. The van der Waals surface area contributed by atoms with Crippen LogP contribution in [0.2, 0.25) is 5.02 Å². The van der Waals surface area contributed by atoms with Crippen molar-refractivity contribution in [3.8, 4) is 11.5 Å². The number of halogens is 1. The van der Waals surface area contributed by atoms with Crippen LogP contribution in [0.15, 0.2) is 53.2 Å². The summed E-state index contributed by atoms with van der Waals surface area (Å²) in [4.78, 5) is 16.3. The maximum absolute atomic E-state index is 12.0. The van der Waals surface area contributed by atoms with E-state index in [-0.39, 0.29) is 11.6 Å². The SMILES string of the molecule is COc1cc(C=C2N=C(c3ccc(Cl)cc3)OC2=O)cc(OC)c1. The van der Waals surface area contributed by atoms with E-state index in [0.717, 1.165) is 5.56 Å². The second-order valence-corrected chi connectivity index (χ2v) is 5.43. The number of esters is 1. The van der Waals surface area contributed by atoms with Crippen molar-refractivity contribution < 1.29 is 19.0 Å². The molecule has 0 saturated carbocycles. The molecule has 0 spiro atoms. The Balaban J connectivity index is 1.95. The first-order valence-corrected chi connectivity index (χ1v) is 7.48. The van der Waals surface area contributed by atoms with E-state index in [0.29, 0.717) is 22.1 Å². The van der Waals surface area contributed by atoms with E-state index in [4.69, 9.17) is 25.8 Å². The molecule has 5 nitrogen and oxygen atoms in total. The van der Waals surface area contributed by atoms with E-state index in [2.05, 4.69) is 4.99 Å². The third kappa shape index (κ3) is 3.41. The van der Waals surface area contributed by atoms with Crippen molar-refractivity contribution in [2.75, 3.05) is 14.2 Å². The summed E-state index contributed by atoms with van der Waals surface area (Å²) in [5.74, 6) is 0.975. The summed E-state index contributed by atoms with van der Waals surface area (Å²) < 4.78 is 15.7. The Labute approximate surface area is 144 Å². The van der Waals surface area contributed by atoms with Gasteiger partial charge in [0.15, 0.2) is 5.70 Å². The van der Waals surface area contributed by atoms with Gasteiger partial charge in [-0.25, -0.2) is 9.79 Å². The molecule has 0 amide bonds. The summed E-state index contributed by atoms with van der Waals surface area (Å²) in [6.07, 6.45) is 1.62. The predicted molar refractivity (Wildman–Crippen MR) is 91.6 cm³/mol. The molecule has 2 aromatic carbocycles. The Morgan fingerprint density at radius 1 is 1.04 bits per heavy atom. The van der Waals surface area contributed by atoms with Gasteiger partial charge in [0.2, 0.25) is 5.90 Å². The molecule has 0 N–H and O–H groups in total. The fourth-order valence-corrected chi connectivity index (χ4v) is 2.32. The summed E-state index contributed by atoms with van der Waals surface area (Å²) >= 11 is 5.86. The zero-order valence-corrected chi connectivity index (χ0v) is 13.8. The zero-order valence-electron chi connectivity index (χ0n) is 13.1. The average molecular weight is 344 g/mol. The molecule has 0 atom stereocenters. The van der Waals surface area contributed by atoms with Crippen molar-refractivity contribution in [3.05, 3.63) is 64.3 Å². The van der Waals surface area contributed by atoms with E-state index in [1.54, 1.807) is 62.8 Å². The van der Waals surface area contributed by atoms with Crippen LogP contribution in [-0.4, -0.2) is 26.1 Å². The molecule has 6 heteroatoms. The van der Waals surface area contributed by atoms with E-state index in [9.17, 15) is 4.79 Å². The Hall–Kier alpha value is -2.79. The van der Waals surface area contributed by atoms with E-state index in [1.807, 2.05) is 0 Å². The molecule has 0 fully saturated rings. The number of nitrogens with zero attached hydrogens (tertiary/aromatic N) is 1. The lowest BCUT2D eigenvalue weighted by atomic mass is 10.1. The van der Waals surface area contributed by atoms with Gasteiger partial charge in [-0.1, -0.05) is 11.6 Å². The van der Waals surface area contributed by atoms with Crippen LogP contribution in [0.4, 0.5) is 0 Å². The summed E-state index contributed by atoms with van der Waals surface area (Å²) in [6, 6.07) is 12.2. The highest BCUT2D eigenvalue weighted by Crippen LogP contribution is 2.26. The molecule has 1 heterocycles. The molecule has 0 unspecified atom stereocenters. The van der Waals surface area contributed by atoms with E-state index in [1.165, 1.54) is 0 Å². The molecule has 3 rings (SSSR count). The van der Waals surface area contributed by atoms with Gasteiger partial charge in [0, 0.05) is 16.7 Å². The van der Waals surface area contributed by atoms with Gasteiger partial charge in [-0.15, -0.1) is 0 Å². The van der Waals surface area contributed by atoms with Crippen LogP contribution in [0.1, 0.15) is 11.1 Å². The average Bonchev–Trinajstić information content (AvgIpc) is 2.95. The van der Waals surface area contributed by atoms with E-state index >= 15 is 0 Å². The zero-order chi connectivity index (χ0) is 17.1. The normalized spacial score (nSPS) is 15.2. The topological polar surface area (TPSA) is 57.1 Å². The maximum atomic E-state index is 12.0. The number of carbonyl (C=O) groups excluding carboxylic acids is 1. The Bertz CT molecular complexity index is 818. The highest BCUT2D eigenvalue weighted by Gasteiger charge is 2.24. The maximum Gasteiger partial charge on any atom is 0.363 e. The fraction of sp³-hybridized carbons (Fsp3) is 0.111. The molecule has 1 aliphatic heterocycles. The molecular formula is C18H14ClNO4. The van der Waals surface area contributed by atoms with Gasteiger partial charge < -0.3 is 14.2 Å². The fourth-order valence-electron chi connectivity index (χ4n) is 2.20. The number of rotatable bonds is 4. The van der Waals surface area contributed by atoms with Crippen molar-refractivity contribution in [2.45, 2.75) is 0 Å². The van der Waals surface area contributed by atoms with Gasteiger partial charge in [0.1, 0.15) is 11.5 Å². The van der Waals surface area contributed by atoms with Crippen molar-refractivity contribution in [3.63, 3.8) is 0 Å². The van der Waals surface area contributed by atoms with Crippen LogP contribution in [0.5, 0.6) is 11.5 Å². The van der Waals surface area contributed by atoms with Gasteiger partial charge in [0.05, 0.1) is 14.2 Å².